The van der Waals surface area contributed by atoms with Gasteiger partial charge in [0.25, 0.3) is 0 Å². The van der Waals surface area contributed by atoms with E-state index < -0.39 is 11.8 Å². The Bertz CT molecular complexity index is 1320. The van der Waals surface area contributed by atoms with Gasteiger partial charge in [-0.1, -0.05) is 63.6 Å². The minimum absolute atomic E-state index is 0.125. The first kappa shape index (κ1) is 28.4. The van der Waals surface area contributed by atoms with Crippen molar-refractivity contribution in [3.8, 4) is 0 Å². The summed E-state index contributed by atoms with van der Waals surface area (Å²) in [5, 5.41) is 0. The lowest BCUT2D eigenvalue weighted by atomic mass is 9.84. The van der Waals surface area contributed by atoms with Gasteiger partial charge >= 0.3 is 0 Å². The van der Waals surface area contributed by atoms with Crippen molar-refractivity contribution in [1.29, 1.82) is 0 Å². The Morgan fingerprint density at radius 3 is 2.08 bits per heavy atom. The molecule has 1 fully saturated rings. The third-order valence-corrected chi connectivity index (χ3v) is 7.80. The highest BCUT2D eigenvalue weighted by atomic mass is 16.1. The number of nitrogens with two attached hydrogens (primary N) is 2. The molecule has 6 nitrogen and oxygen atoms in total. The van der Waals surface area contributed by atoms with Gasteiger partial charge in [0, 0.05) is 48.2 Å². The van der Waals surface area contributed by atoms with Crippen molar-refractivity contribution in [3.05, 3.63) is 94.0 Å². The largest absolute Gasteiger partial charge is 0.366 e. The minimum atomic E-state index is -0.444. The predicted molar refractivity (Wildman–Crippen MR) is 160 cm³/mol. The average Bonchev–Trinajstić information content (AvgIpc) is 2.90. The maximum atomic E-state index is 12.4. The lowest BCUT2D eigenvalue weighted by molar-refractivity contribution is 0.0991. The van der Waals surface area contributed by atoms with Crippen molar-refractivity contribution >= 4 is 23.2 Å². The molecule has 1 aliphatic heterocycles. The van der Waals surface area contributed by atoms with Gasteiger partial charge in [0.15, 0.2) is 0 Å². The van der Waals surface area contributed by atoms with Gasteiger partial charge in [-0.25, -0.2) is 0 Å². The van der Waals surface area contributed by atoms with E-state index in [1.165, 1.54) is 11.1 Å². The molecule has 206 valence electrons. The first-order chi connectivity index (χ1) is 18.6. The molecule has 0 aromatic heterocycles. The van der Waals surface area contributed by atoms with Crippen molar-refractivity contribution in [1.82, 2.24) is 4.90 Å². The van der Waals surface area contributed by atoms with E-state index in [0.29, 0.717) is 11.1 Å². The van der Waals surface area contributed by atoms with Crippen LogP contribution in [0.2, 0.25) is 0 Å². The Balaban J connectivity index is 1.75. The normalized spacial score (nSPS) is 14.6. The Hall–Kier alpha value is -3.64. The van der Waals surface area contributed by atoms with Crippen LogP contribution < -0.4 is 16.4 Å². The van der Waals surface area contributed by atoms with Gasteiger partial charge in [-0.3, -0.25) is 14.5 Å². The molecule has 39 heavy (non-hydrogen) atoms. The minimum Gasteiger partial charge on any atom is -0.366 e. The van der Waals surface area contributed by atoms with Gasteiger partial charge in [-0.2, -0.15) is 0 Å². The Morgan fingerprint density at radius 1 is 0.872 bits per heavy atom. The molecule has 2 amide bonds. The molecule has 4 rings (SSSR count). The highest BCUT2D eigenvalue weighted by Crippen LogP contribution is 2.42. The molecule has 0 unspecified atom stereocenters. The first-order valence-electron chi connectivity index (χ1n) is 14.0. The number of hydrogen-bond donors (Lipinski definition) is 2. The summed E-state index contributed by atoms with van der Waals surface area (Å²) in [6.07, 6.45) is 1.94. The molecule has 0 aliphatic carbocycles. The molecule has 1 heterocycles. The number of carbonyl (C=O) groups is 2. The van der Waals surface area contributed by atoms with Crippen LogP contribution >= 0.6 is 0 Å². The fraction of sp³-hybridized carbons (Fsp3) is 0.394. The van der Waals surface area contributed by atoms with Gasteiger partial charge in [-0.05, 0) is 78.6 Å². The van der Waals surface area contributed by atoms with Crippen LogP contribution in [0.4, 0.5) is 11.4 Å². The van der Waals surface area contributed by atoms with Gasteiger partial charge in [0.05, 0.1) is 0 Å². The van der Waals surface area contributed by atoms with Crippen LogP contribution in [0.15, 0.2) is 60.7 Å². The fourth-order valence-electron chi connectivity index (χ4n) is 5.92. The molecule has 3 aromatic rings. The first-order valence-corrected chi connectivity index (χ1v) is 14.0. The summed E-state index contributed by atoms with van der Waals surface area (Å²) in [6.45, 7) is 13.5. The number of anilines is 2. The summed E-state index contributed by atoms with van der Waals surface area (Å²) in [6, 6.07) is 20.5. The molecule has 0 saturated carbocycles. The lowest BCUT2D eigenvalue weighted by Crippen LogP contribution is -2.43. The number of primary amides is 2. The Kier molecular flexibility index (Phi) is 8.76. The summed E-state index contributed by atoms with van der Waals surface area (Å²) < 4.78 is 0. The van der Waals surface area contributed by atoms with Crippen LogP contribution in [-0.2, 0) is 6.54 Å². The number of nitrogens with zero attached hydrogens (tertiary/aromatic N) is 2. The van der Waals surface area contributed by atoms with E-state index in [1.54, 1.807) is 6.07 Å². The number of hydrogen-bond acceptors (Lipinski definition) is 4. The van der Waals surface area contributed by atoms with E-state index in [9.17, 15) is 9.59 Å². The smallest absolute Gasteiger partial charge is 0.248 e. The molecule has 4 N–H and O–H groups in total. The van der Waals surface area contributed by atoms with Gasteiger partial charge in [0.1, 0.15) is 0 Å². The van der Waals surface area contributed by atoms with E-state index in [0.717, 1.165) is 55.0 Å². The second kappa shape index (κ2) is 12.0. The summed E-state index contributed by atoms with van der Waals surface area (Å²) in [5.41, 5.74) is 19.3. The Labute approximate surface area is 233 Å². The molecular weight excluding hydrogens is 484 g/mol. The predicted octanol–water partition coefficient (Wildman–Crippen LogP) is 6.24. The number of likely N-dealkylation sites (tertiary alicyclic amines) is 1. The SMILES string of the molecule is Cc1ccc(CN2CCC(N(c3cccc(C(N)=O)c3)c3ccc(C(N)=O)c(C(C)C)c3C(C)C)CC2)cc1. The molecule has 3 aromatic carbocycles. The van der Waals surface area contributed by atoms with Crippen LogP contribution in [0.5, 0.6) is 0 Å². The monoisotopic (exact) mass is 526 g/mol. The highest BCUT2D eigenvalue weighted by Gasteiger charge is 2.31. The number of benzene rings is 3. The maximum absolute atomic E-state index is 12.4. The molecular formula is C33H42N4O2. The standard InChI is InChI=1S/C33H42N4O2/c1-21(2)30-28(33(35)39)13-14-29(31(30)22(3)4)37(27-8-6-7-25(19-27)32(34)38)26-15-17-36(18-16-26)20-24-11-9-23(5)10-12-24/h6-14,19,21-22,26H,15-18,20H2,1-5H3,(H2,34,38)(H2,35,39). The molecule has 0 radical (unpaired) electrons. The van der Waals surface area contributed by atoms with Crippen molar-refractivity contribution < 1.29 is 9.59 Å². The zero-order chi connectivity index (χ0) is 28.3. The second-order valence-corrected chi connectivity index (χ2v) is 11.4. The van der Waals surface area contributed by atoms with Crippen LogP contribution in [-0.4, -0.2) is 35.8 Å². The molecule has 0 atom stereocenters. The van der Waals surface area contributed by atoms with E-state index in [1.807, 2.05) is 30.3 Å². The third-order valence-electron chi connectivity index (χ3n) is 7.80. The van der Waals surface area contributed by atoms with Crippen molar-refractivity contribution in [2.24, 2.45) is 11.5 Å². The van der Waals surface area contributed by atoms with E-state index in [4.69, 9.17) is 11.5 Å². The summed E-state index contributed by atoms with van der Waals surface area (Å²) in [7, 11) is 0. The highest BCUT2D eigenvalue weighted by molar-refractivity contribution is 5.96. The van der Waals surface area contributed by atoms with Crippen LogP contribution in [0.1, 0.15) is 95.3 Å². The molecule has 1 saturated heterocycles. The van der Waals surface area contributed by atoms with Gasteiger partial charge in [0.2, 0.25) is 11.8 Å². The molecule has 0 spiro atoms. The third kappa shape index (κ3) is 6.34. The summed E-state index contributed by atoms with van der Waals surface area (Å²) in [4.78, 5) is 29.4. The van der Waals surface area contributed by atoms with Crippen molar-refractivity contribution in [3.63, 3.8) is 0 Å². The van der Waals surface area contributed by atoms with Crippen LogP contribution in [0.25, 0.3) is 0 Å². The van der Waals surface area contributed by atoms with Crippen LogP contribution in [0, 0.1) is 6.92 Å². The maximum Gasteiger partial charge on any atom is 0.248 e. The van der Waals surface area contributed by atoms with Gasteiger partial charge in [-0.15, -0.1) is 0 Å². The number of amides is 2. The Morgan fingerprint density at radius 2 is 1.51 bits per heavy atom. The molecule has 1 aliphatic rings. The summed E-state index contributed by atoms with van der Waals surface area (Å²) >= 11 is 0. The number of rotatable bonds is 9. The molecule has 0 bridgehead atoms. The van der Waals surface area contributed by atoms with E-state index in [2.05, 4.69) is 68.7 Å². The van der Waals surface area contributed by atoms with Gasteiger partial charge < -0.3 is 16.4 Å². The quantitative estimate of drug-likeness (QED) is 0.345. The zero-order valence-electron chi connectivity index (χ0n) is 23.9. The topological polar surface area (TPSA) is 92.7 Å². The van der Waals surface area contributed by atoms with Crippen LogP contribution in [0.3, 0.4) is 0 Å². The summed E-state index contributed by atoms with van der Waals surface area (Å²) in [5.74, 6) is -0.556. The second-order valence-electron chi connectivity index (χ2n) is 11.4. The number of aryl methyl sites for hydroxylation is 1. The van der Waals surface area contributed by atoms with Crippen molar-refractivity contribution in [2.45, 2.75) is 71.9 Å². The van der Waals surface area contributed by atoms with Crippen molar-refractivity contribution in [2.75, 3.05) is 18.0 Å². The average molecular weight is 527 g/mol. The lowest BCUT2D eigenvalue weighted by Gasteiger charge is -2.42. The van der Waals surface area contributed by atoms with E-state index >= 15 is 0 Å². The fourth-order valence-corrected chi connectivity index (χ4v) is 5.92. The van der Waals surface area contributed by atoms with E-state index in [-0.39, 0.29) is 17.9 Å². The number of piperidine rings is 1. The molecule has 6 heteroatoms. The zero-order valence-corrected chi connectivity index (χ0v) is 23.9. The number of carbonyl (C=O) groups excluding carboxylic acids is 2.